The molecule has 4 nitrogen and oxygen atoms in total. The van der Waals surface area contributed by atoms with Crippen molar-refractivity contribution in [2.75, 3.05) is 46.6 Å². The van der Waals surface area contributed by atoms with Crippen LogP contribution in [-0.4, -0.2) is 62.7 Å². The van der Waals surface area contributed by atoms with E-state index in [1.165, 1.54) is 6.42 Å². The van der Waals surface area contributed by atoms with Crippen LogP contribution in [0.5, 0.6) is 0 Å². The Morgan fingerprint density at radius 2 is 2.36 bits per heavy atom. The number of nitrogens with zero attached hydrogens (tertiary/aromatic N) is 1. The summed E-state index contributed by atoms with van der Waals surface area (Å²) >= 11 is 0. The van der Waals surface area contributed by atoms with Gasteiger partial charge in [0.2, 0.25) is 0 Å². The predicted molar refractivity (Wildman–Crippen MR) is 54.4 cm³/mol. The van der Waals surface area contributed by atoms with Gasteiger partial charge >= 0.3 is 0 Å². The summed E-state index contributed by atoms with van der Waals surface area (Å²) in [5.74, 6) is 0. The molecule has 0 amide bonds. The molecule has 0 saturated carbocycles. The molecule has 1 rings (SSSR count). The highest BCUT2D eigenvalue weighted by Crippen LogP contribution is 2.12. The molecule has 1 atom stereocenters. The van der Waals surface area contributed by atoms with Crippen molar-refractivity contribution in [1.82, 2.24) is 4.90 Å². The maximum absolute atomic E-state index is 8.89. The first-order valence-corrected chi connectivity index (χ1v) is 5.30. The Morgan fingerprint density at radius 1 is 1.50 bits per heavy atom. The Hall–Kier alpha value is -0.160. The molecule has 1 unspecified atom stereocenters. The van der Waals surface area contributed by atoms with Crippen LogP contribution in [0.2, 0.25) is 0 Å². The maximum atomic E-state index is 8.89. The molecule has 0 aromatic rings. The molecule has 4 heteroatoms. The molecule has 84 valence electrons. The molecule has 1 fully saturated rings. The van der Waals surface area contributed by atoms with Crippen LogP contribution in [0.15, 0.2) is 0 Å². The lowest BCUT2D eigenvalue weighted by Gasteiger charge is -2.23. The zero-order valence-electron chi connectivity index (χ0n) is 8.95. The third-order valence-electron chi connectivity index (χ3n) is 2.51. The van der Waals surface area contributed by atoms with E-state index >= 15 is 0 Å². The van der Waals surface area contributed by atoms with E-state index in [1.807, 2.05) is 0 Å². The molecule has 0 radical (unpaired) electrons. The fourth-order valence-electron chi connectivity index (χ4n) is 1.73. The number of methoxy groups -OCH3 is 1. The van der Waals surface area contributed by atoms with Crippen LogP contribution in [-0.2, 0) is 9.47 Å². The van der Waals surface area contributed by atoms with Crippen LogP contribution in [0, 0.1) is 0 Å². The Kier molecular flexibility index (Phi) is 6.10. The molecule has 0 aliphatic carbocycles. The lowest BCUT2D eigenvalue weighted by molar-refractivity contribution is 0.0549. The number of hydrogen-bond acceptors (Lipinski definition) is 4. The number of hydrogen-bond donors (Lipinski definition) is 1. The van der Waals surface area contributed by atoms with Crippen molar-refractivity contribution in [3.8, 4) is 0 Å². The van der Waals surface area contributed by atoms with E-state index < -0.39 is 0 Å². The van der Waals surface area contributed by atoms with Crippen LogP contribution in [0.25, 0.3) is 0 Å². The summed E-state index contributed by atoms with van der Waals surface area (Å²) < 4.78 is 10.6. The van der Waals surface area contributed by atoms with Crippen LogP contribution in [0.3, 0.4) is 0 Å². The van der Waals surface area contributed by atoms with E-state index in [0.29, 0.717) is 19.3 Å². The van der Waals surface area contributed by atoms with Crippen molar-refractivity contribution < 1.29 is 14.6 Å². The summed E-state index contributed by atoms with van der Waals surface area (Å²) in [6.07, 6.45) is 2.68. The minimum atomic E-state index is 0.205. The number of aliphatic hydroxyl groups is 1. The van der Waals surface area contributed by atoms with Crippen molar-refractivity contribution in [3.63, 3.8) is 0 Å². The molecule has 1 heterocycles. The van der Waals surface area contributed by atoms with Gasteiger partial charge in [0, 0.05) is 33.4 Å². The third-order valence-corrected chi connectivity index (χ3v) is 2.51. The lowest BCUT2D eigenvalue weighted by Crippen LogP contribution is -2.36. The molecule has 1 saturated heterocycles. The molecular weight excluding hydrogens is 182 g/mol. The zero-order chi connectivity index (χ0) is 10.2. The largest absolute Gasteiger partial charge is 0.395 e. The quantitative estimate of drug-likeness (QED) is 0.637. The molecule has 0 aromatic heterocycles. The van der Waals surface area contributed by atoms with Crippen molar-refractivity contribution in [1.29, 1.82) is 0 Å². The average molecular weight is 203 g/mol. The molecule has 1 aliphatic heterocycles. The lowest BCUT2D eigenvalue weighted by atomic mass is 10.2. The van der Waals surface area contributed by atoms with E-state index in [4.69, 9.17) is 14.6 Å². The first-order chi connectivity index (χ1) is 6.86. The molecule has 0 bridgehead atoms. The van der Waals surface area contributed by atoms with E-state index in [1.54, 1.807) is 7.11 Å². The molecule has 14 heavy (non-hydrogen) atoms. The average Bonchev–Trinajstić information content (AvgIpc) is 2.67. The van der Waals surface area contributed by atoms with E-state index in [0.717, 1.165) is 26.1 Å². The second kappa shape index (κ2) is 7.17. The first kappa shape index (κ1) is 11.9. The van der Waals surface area contributed by atoms with Gasteiger partial charge in [-0.15, -0.1) is 0 Å². The summed E-state index contributed by atoms with van der Waals surface area (Å²) in [5.41, 5.74) is 0. The van der Waals surface area contributed by atoms with Gasteiger partial charge in [0.25, 0.3) is 0 Å². The topological polar surface area (TPSA) is 41.9 Å². The monoisotopic (exact) mass is 203 g/mol. The standard InChI is InChI=1S/C10H21NO3/c1-13-8-5-11(4-6-12)9-10-3-2-7-14-10/h10,12H,2-9H2,1H3. The Morgan fingerprint density at radius 3 is 2.93 bits per heavy atom. The molecule has 0 spiro atoms. The van der Waals surface area contributed by atoms with Crippen molar-refractivity contribution in [2.45, 2.75) is 18.9 Å². The van der Waals surface area contributed by atoms with Crippen LogP contribution < -0.4 is 0 Å². The SMILES string of the molecule is COCCN(CCO)CC1CCCO1. The fraction of sp³-hybridized carbons (Fsp3) is 1.00. The highest BCUT2D eigenvalue weighted by atomic mass is 16.5. The molecule has 0 aromatic carbocycles. The van der Waals surface area contributed by atoms with Gasteiger partial charge in [0.1, 0.15) is 0 Å². The second-order valence-electron chi connectivity index (χ2n) is 3.65. The maximum Gasteiger partial charge on any atom is 0.0702 e. The van der Waals surface area contributed by atoms with E-state index in [2.05, 4.69) is 4.90 Å². The highest BCUT2D eigenvalue weighted by molar-refractivity contribution is 4.70. The molecule has 1 N–H and O–H groups in total. The highest BCUT2D eigenvalue weighted by Gasteiger charge is 2.18. The summed E-state index contributed by atoms with van der Waals surface area (Å²) in [6, 6.07) is 0. The zero-order valence-corrected chi connectivity index (χ0v) is 8.95. The summed E-state index contributed by atoms with van der Waals surface area (Å²) in [5, 5.41) is 8.89. The molecular formula is C10H21NO3. The predicted octanol–water partition coefficient (Wildman–Crippen LogP) is 0.106. The number of rotatable bonds is 7. The van der Waals surface area contributed by atoms with Gasteiger partial charge in [-0.1, -0.05) is 0 Å². The van der Waals surface area contributed by atoms with E-state index in [9.17, 15) is 0 Å². The molecule has 1 aliphatic rings. The van der Waals surface area contributed by atoms with Gasteiger partial charge < -0.3 is 14.6 Å². The minimum Gasteiger partial charge on any atom is -0.395 e. The van der Waals surface area contributed by atoms with Gasteiger partial charge in [-0.25, -0.2) is 0 Å². The van der Waals surface area contributed by atoms with Crippen LogP contribution in [0.4, 0.5) is 0 Å². The van der Waals surface area contributed by atoms with Gasteiger partial charge in [0.05, 0.1) is 19.3 Å². The summed E-state index contributed by atoms with van der Waals surface area (Å²) in [6.45, 7) is 4.31. The Balaban J connectivity index is 2.18. The van der Waals surface area contributed by atoms with Crippen LogP contribution >= 0.6 is 0 Å². The third kappa shape index (κ3) is 4.37. The first-order valence-electron chi connectivity index (χ1n) is 5.30. The van der Waals surface area contributed by atoms with E-state index in [-0.39, 0.29) is 6.61 Å². The Labute approximate surface area is 85.8 Å². The van der Waals surface area contributed by atoms with Gasteiger partial charge in [0.15, 0.2) is 0 Å². The van der Waals surface area contributed by atoms with Gasteiger partial charge in [-0.05, 0) is 12.8 Å². The minimum absolute atomic E-state index is 0.205. The smallest absolute Gasteiger partial charge is 0.0702 e. The van der Waals surface area contributed by atoms with Crippen molar-refractivity contribution >= 4 is 0 Å². The van der Waals surface area contributed by atoms with Gasteiger partial charge in [-0.2, -0.15) is 0 Å². The number of ether oxygens (including phenoxy) is 2. The van der Waals surface area contributed by atoms with Gasteiger partial charge in [-0.3, -0.25) is 4.90 Å². The summed E-state index contributed by atoms with van der Waals surface area (Å²) in [7, 11) is 1.70. The van der Waals surface area contributed by atoms with Crippen LogP contribution in [0.1, 0.15) is 12.8 Å². The van der Waals surface area contributed by atoms with Crippen molar-refractivity contribution in [3.05, 3.63) is 0 Å². The number of aliphatic hydroxyl groups excluding tert-OH is 1. The Bertz CT molecular complexity index is 137. The summed E-state index contributed by atoms with van der Waals surface area (Å²) in [4.78, 5) is 2.19. The fourth-order valence-corrected chi connectivity index (χ4v) is 1.73. The normalized spacial score (nSPS) is 22.1. The second-order valence-corrected chi connectivity index (χ2v) is 3.65. The van der Waals surface area contributed by atoms with Crippen molar-refractivity contribution in [2.24, 2.45) is 0 Å².